The normalized spacial score (nSPS) is 13.0. The molecule has 0 saturated heterocycles. The Morgan fingerprint density at radius 3 is 2.29 bits per heavy atom. The second-order valence-electron chi connectivity index (χ2n) is 4.51. The van der Waals surface area contributed by atoms with Crippen LogP contribution in [0.5, 0.6) is 0 Å². The fourth-order valence-electron chi connectivity index (χ4n) is 1.77. The average Bonchev–Trinajstić information content (AvgIpc) is 2.37. The van der Waals surface area contributed by atoms with Crippen molar-refractivity contribution in [3.05, 3.63) is 58.1 Å². The second-order valence-corrected chi connectivity index (χ2v) is 7.07. The molecule has 112 valence electrons. The smallest absolute Gasteiger partial charge is 0.261 e. The van der Waals surface area contributed by atoms with E-state index in [9.17, 15) is 13.5 Å². The number of rotatable bonds is 4. The average molecular weight is 346 g/mol. The van der Waals surface area contributed by atoms with Crippen LogP contribution in [0.3, 0.4) is 0 Å². The first-order chi connectivity index (χ1) is 9.78. The van der Waals surface area contributed by atoms with Crippen LogP contribution < -0.4 is 4.72 Å². The SMILES string of the molecule is CC(O)c1cccc(S(=O)(=O)Nc2cc(Cl)cc(Cl)c2)c1. The van der Waals surface area contributed by atoms with Gasteiger partial charge in [0.25, 0.3) is 10.0 Å². The summed E-state index contributed by atoms with van der Waals surface area (Å²) < 4.78 is 27.0. The van der Waals surface area contributed by atoms with Gasteiger partial charge in [0.05, 0.1) is 16.7 Å². The maximum Gasteiger partial charge on any atom is 0.261 e. The van der Waals surface area contributed by atoms with Crippen molar-refractivity contribution >= 4 is 38.9 Å². The Balaban J connectivity index is 2.36. The third-order valence-corrected chi connectivity index (χ3v) is 4.58. The van der Waals surface area contributed by atoms with Gasteiger partial charge in [0.1, 0.15) is 0 Å². The summed E-state index contributed by atoms with van der Waals surface area (Å²) in [6.07, 6.45) is -0.749. The molecule has 0 fully saturated rings. The lowest BCUT2D eigenvalue weighted by molar-refractivity contribution is 0.199. The van der Waals surface area contributed by atoms with E-state index < -0.39 is 16.1 Å². The van der Waals surface area contributed by atoms with E-state index in [1.54, 1.807) is 19.1 Å². The van der Waals surface area contributed by atoms with E-state index in [1.165, 1.54) is 30.3 Å². The fraction of sp³-hybridized carbons (Fsp3) is 0.143. The Labute approximate surface area is 133 Å². The van der Waals surface area contributed by atoms with Gasteiger partial charge in [-0.15, -0.1) is 0 Å². The van der Waals surface area contributed by atoms with E-state index in [1.807, 2.05) is 0 Å². The predicted octanol–water partition coefficient (Wildman–Crippen LogP) is 3.85. The Morgan fingerprint density at radius 2 is 1.71 bits per heavy atom. The molecule has 2 N–H and O–H groups in total. The largest absolute Gasteiger partial charge is 0.389 e. The summed E-state index contributed by atoms with van der Waals surface area (Å²) in [4.78, 5) is 0.0528. The van der Waals surface area contributed by atoms with Crippen LogP contribution in [0.4, 0.5) is 5.69 Å². The zero-order chi connectivity index (χ0) is 15.6. The zero-order valence-corrected chi connectivity index (χ0v) is 13.4. The summed E-state index contributed by atoms with van der Waals surface area (Å²) >= 11 is 11.7. The van der Waals surface area contributed by atoms with Gasteiger partial charge in [0, 0.05) is 10.0 Å². The molecule has 0 aliphatic heterocycles. The summed E-state index contributed by atoms with van der Waals surface area (Å²) in [5.74, 6) is 0. The molecule has 21 heavy (non-hydrogen) atoms. The molecule has 7 heteroatoms. The highest BCUT2D eigenvalue weighted by Crippen LogP contribution is 2.25. The van der Waals surface area contributed by atoms with Crippen molar-refractivity contribution in [3.63, 3.8) is 0 Å². The summed E-state index contributed by atoms with van der Waals surface area (Å²) in [5.41, 5.74) is 0.789. The number of aliphatic hydroxyl groups is 1. The molecule has 2 aromatic carbocycles. The predicted molar refractivity (Wildman–Crippen MR) is 84.3 cm³/mol. The van der Waals surface area contributed by atoms with Crippen LogP contribution in [0.2, 0.25) is 10.0 Å². The first-order valence-electron chi connectivity index (χ1n) is 6.05. The van der Waals surface area contributed by atoms with Gasteiger partial charge < -0.3 is 5.11 Å². The molecule has 0 radical (unpaired) electrons. The zero-order valence-electron chi connectivity index (χ0n) is 11.0. The van der Waals surface area contributed by atoms with E-state index in [2.05, 4.69) is 4.72 Å². The van der Waals surface area contributed by atoms with Crippen molar-refractivity contribution in [1.82, 2.24) is 0 Å². The van der Waals surface area contributed by atoms with Gasteiger partial charge in [-0.25, -0.2) is 8.42 Å². The lowest BCUT2D eigenvalue weighted by atomic mass is 10.1. The number of anilines is 1. The first-order valence-corrected chi connectivity index (χ1v) is 8.29. The van der Waals surface area contributed by atoms with Gasteiger partial charge in [0.2, 0.25) is 0 Å². The number of halogens is 2. The molecule has 0 heterocycles. The highest BCUT2D eigenvalue weighted by atomic mass is 35.5. The van der Waals surface area contributed by atoms with Crippen LogP contribution in [0.15, 0.2) is 47.4 Å². The Bertz CT molecular complexity index is 740. The first kappa shape index (κ1) is 16.1. The molecular weight excluding hydrogens is 333 g/mol. The maximum atomic E-state index is 12.3. The van der Waals surface area contributed by atoms with Gasteiger partial charge >= 0.3 is 0 Å². The molecule has 2 aromatic rings. The van der Waals surface area contributed by atoms with E-state index in [0.29, 0.717) is 15.6 Å². The van der Waals surface area contributed by atoms with Crippen LogP contribution in [-0.2, 0) is 10.0 Å². The Kier molecular flexibility index (Phi) is 4.78. The molecule has 2 rings (SSSR count). The van der Waals surface area contributed by atoms with E-state index in [-0.39, 0.29) is 10.6 Å². The van der Waals surface area contributed by atoms with Crippen LogP contribution >= 0.6 is 23.2 Å². The lowest BCUT2D eigenvalue weighted by Gasteiger charge is -2.11. The van der Waals surface area contributed by atoms with Crippen molar-refractivity contribution in [1.29, 1.82) is 0 Å². The second kappa shape index (κ2) is 6.23. The van der Waals surface area contributed by atoms with Gasteiger partial charge in [0.15, 0.2) is 0 Å². The van der Waals surface area contributed by atoms with E-state index >= 15 is 0 Å². The molecular formula is C14H13Cl2NO3S. The third kappa shape index (κ3) is 4.11. The van der Waals surface area contributed by atoms with Gasteiger partial charge in [-0.3, -0.25) is 4.72 Å². The van der Waals surface area contributed by atoms with Crippen molar-refractivity contribution in [3.8, 4) is 0 Å². The van der Waals surface area contributed by atoms with Crippen molar-refractivity contribution in [2.24, 2.45) is 0 Å². The summed E-state index contributed by atoms with van der Waals surface area (Å²) in [6, 6.07) is 10.5. The minimum absolute atomic E-state index is 0.0528. The fourth-order valence-corrected chi connectivity index (χ4v) is 3.39. The van der Waals surface area contributed by atoms with Crippen LogP contribution in [0, 0.1) is 0 Å². The van der Waals surface area contributed by atoms with Crippen molar-refractivity contribution < 1.29 is 13.5 Å². The molecule has 0 aromatic heterocycles. The third-order valence-electron chi connectivity index (χ3n) is 2.77. The van der Waals surface area contributed by atoms with Gasteiger partial charge in [-0.05, 0) is 42.8 Å². The van der Waals surface area contributed by atoms with Crippen LogP contribution in [0.25, 0.3) is 0 Å². The topological polar surface area (TPSA) is 66.4 Å². The molecule has 0 spiro atoms. The molecule has 1 unspecified atom stereocenters. The number of nitrogens with one attached hydrogen (secondary N) is 1. The van der Waals surface area contributed by atoms with E-state index in [4.69, 9.17) is 23.2 Å². The Morgan fingerprint density at radius 1 is 1.10 bits per heavy atom. The minimum Gasteiger partial charge on any atom is -0.389 e. The number of sulfonamides is 1. The van der Waals surface area contributed by atoms with Crippen LogP contribution in [0.1, 0.15) is 18.6 Å². The standard InChI is InChI=1S/C14H13Cl2NO3S/c1-9(18)10-3-2-4-14(5-10)21(19,20)17-13-7-11(15)6-12(16)8-13/h2-9,17-18H,1H3. The molecule has 4 nitrogen and oxygen atoms in total. The molecule has 0 aliphatic carbocycles. The number of benzene rings is 2. The molecule has 0 saturated carbocycles. The van der Waals surface area contributed by atoms with E-state index in [0.717, 1.165) is 0 Å². The molecule has 1 atom stereocenters. The number of aliphatic hydroxyl groups excluding tert-OH is 1. The lowest BCUT2D eigenvalue weighted by Crippen LogP contribution is -2.13. The minimum atomic E-state index is -3.78. The van der Waals surface area contributed by atoms with Crippen LogP contribution in [-0.4, -0.2) is 13.5 Å². The van der Waals surface area contributed by atoms with Crippen molar-refractivity contribution in [2.45, 2.75) is 17.9 Å². The quantitative estimate of drug-likeness (QED) is 0.884. The molecule has 0 amide bonds. The van der Waals surface area contributed by atoms with Gasteiger partial charge in [-0.2, -0.15) is 0 Å². The Hall–Kier alpha value is -1.27. The summed E-state index contributed by atoms with van der Waals surface area (Å²) in [7, 11) is -3.78. The molecule has 0 bridgehead atoms. The molecule has 0 aliphatic rings. The highest BCUT2D eigenvalue weighted by Gasteiger charge is 2.16. The summed E-state index contributed by atoms with van der Waals surface area (Å²) in [5, 5.41) is 10.2. The number of hydrogen-bond acceptors (Lipinski definition) is 3. The summed E-state index contributed by atoms with van der Waals surface area (Å²) in [6.45, 7) is 1.57. The maximum absolute atomic E-state index is 12.3. The van der Waals surface area contributed by atoms with Crippen molar-refractivity contribution in [2.75, 3.05) is 4.72 Å². The monoisotopic (exact) mass is 345 g/mol. The highest BCUT2D eigenvalue weighted by molar-refractivity contribution is 7.92. The number of hydrogen-bond donors (Lipinski definition) is 2. The van der Waals surface area contributed by atoms with Gasteiger partial charge in [-0.1, -0.05) is 35.3 Å².